The maximum absolute atomic E-state index is 12.7. The summed E-state index contributed by atoms with van der Waals surface area (Å²) >= 11 is 1.22. The number of amides is 1. The summed E-state index contributed by atoms with van der Waals surface area (Å²) in [5, 5.41) is 10.1. The number of ether oxygens (including phenoxy) is 2. The molecular weight excluding hydrogens is 483 g/mol. The first kappa shape index (κ1) is 23.5. The van der Waals surface area contributed by atoms with Crippen LogP contribution in [0.3, 0.4) is 0 Å². The third-order valence-electron chi connectivity index (χ3n) is 6.06. The molecule has 0 aliphatic carbocycles. The number of hydrogen-bond donors (Lipinski definition) is 3. The molecule has 8 nitrogen and oxygen atoms in total. The molecule has 3 heterocycles. The van der Waals surface area contributed by atoms with Crippen molar-refractivity contribution in [3.05, 3.63) is 42.0 Å². The van der Waals surface area contributed by atoms with E-state index in [-0.39, 0.29) is 17.9 Å². The largest absolute Gasteiger partial charge is 0.573 e. The van der Waals surface area contributed by atoms with Crippen LogP contribution in [0.25, 0.3) is 10.2 Å². The monoisotopic (exact) mass is 507 g/mol. The SMILES string of the molecule is CN1c2ccc(C(=O)NCC3CCOCC3)cc2NC1Nc1nc2ccc(OC(F)(F)F)cc2s1. The zero-order valence-electron chi connectivity index (χ0n) is 18.8. The third kappa shape index (κ3) is 5.38. The van der Waals surface area contributed by atoms with Gasteiger partial charge in [0.1, 0.15) is 5.75 Å². The predicted octanol–water partition coefficient (Wildman–Crippen LogP) is 4.61. The lowest BCUT2D eigenvalue weighted by molar-refractivity contribution is -0.274. The summed E-state index contributed by atoms with van der Waals surface area (Å²) in [6.07, 6.45) is -3.20. The lowest BCUT2D eigenvalue weighted by atomic mass is 10.0. The number of rotatable bonds is 6. The minimum atomic E-state index is -4.75. The van der Waals surface area contributed by atoms with Gasteiger partial charge in [-0.15, -0.1) is 13.2 Å². The molecule has 3 aromatic rings. The number of benzene rings is 2. The molecule has 1 amide bonds. The Morgan fingerprint density at radius 2 is 2.06 bits per heavy atom. The molecule has 2 aromatic carbocycles. The summed E-state index contributed by atoms with van der Waals surface area (Å²) < 4.78 is 47.4. The van der Waals surface area contributed by atoms with Crippen molar-refractivity contribution in [2.45, 2.75) is 25.5 Å². The Kier molecular flexibility index (Phi) is 6.32. The molecule has 1 aromatic heterocycles. The van der Waals surface area contributed by atoms with E-state index in [2.05, 4.69) is 25.7 Å². The second-order valence-corrected chi connectivity index (χ2v) is 9.53. The first-order valence-corrected chi connectivity index (χ1v) is 12.0. The normalized spacial score (nSPS) is 18.3. The van der Waals surface area contributed by atoms with Gasteiger partial charge >= 0.3 is 6.36 Å². The highest BCUT2D eigenvalue weighted by Crippen LogP contribution is 2.36. The number of carbonyl (C=O) groups excluding carboxylic acids is 1. The zero-order valence-corrected chi connectivity index (χ0v) is 19.6. The van der Waals surface area contributed by atoms with Crippen LogP contribution in [0.4, 0.5) is 29.7 Å². The second kappa shape index (κ2) is 9.42. The van der Waals surface area contributed by atoms with Crippen LogP contribution in [-0.4, -0.2) is 50.3 Å². The Morgan fingerprint density at radius 1 is 1.26 bits per heavy atom. The van der Waals surface area contributed by atoms with Gasteiger partial charge in [0.05, 0.1) is 21.6 Å². The molecule has 0 spiro atoms. The van der Waals surface area contributed by atoms with Gasteiger partial charge < -0.3 is 30.3 Å². The first-order chi connectivity index (χ1) is 16.7. The highest BCUT2D eigenvalue weighted by atomic mass is 32.1. The van der Waals surface area contributed by atoms with Crippen molar-refractivity contribution >= 4 is 44.0 Å². The van der Waals surface area contributed by atoms with Crippen LogP contribution in [0.1, 0.15) is 23.2 Å². The van der Waals surface area contributed by atoms with Gasteiger partial charge in [-0.25, -0.2) is 4.98 Å². The average Bonchev–Trinajstić information content (AvgIpc) is 3.36. The quantitative estimate of drug-likeness (QED) is 0.449. The number of fused-ring (bicyclic) bond motifs is 2. The van der Waals surface area contributed by atoms with Crippen LogP contribution in [-0.2, 0) is 4.74 Å². The zero-order chi connectivity index (χ0) is 24.6. The molecule has 186 valence electrons. The van der Waals surface area contributed by atoms with E-state index in [0.717, 1.165) is 37.4 Å². The van der Waals surface area contributed by atoms with E-state index in [1.165, 1.54) is 29.5 Å². The van der Waals surface area contributed by atoms with Crippen molar-refractivity contribution < 1.29 is 27.4 Å². The van der Waals surface area contributed by atoms with Crippen LogP contribution < -0.4 is 25.6 Å². The molecule has 1 unspecified atom stereocenters. The molecule has 1 fully saturated rings. The molecule has 1 atom stereocenters. The Hall–Kier alpha value is -3.25. The summed E-state index contributed by atoms with van der Waals surface area (Å²) in [6.45, 7) is 2.10. The standard InChI is InChI=1S/C23H24F3N5O3S/c1-31-18-5-2-14(20(32)27-12-13-6-8-33-9-7-13)10-17(18)28-21(31)30-22-29-16-4-3-15(11-19(16)35-22)34-23(24,25)26/h2-5,10-11,13,21,28H,6-9,12H2,1H3,(H,27,32)(H,29,30). The van der Waals surface area contributed by atoms with E-state index in [4.69, 9.17) is 4.74 Å². The molecule has 3 N–H and O–H groups in total. The fraction of sp³-hybridized carbons (Fsp3) is 0.391. The molecule has 0 radical (unpaired) electrons. The Balaban J connectivity index is 1.24. The van der Waals surface area contributed by atoms with Gasteiger partial charge in [0, 0.05) is 38.4 Å². The number of nitrogens with one attached hydrogen (secondary N) is 3. The van der Waals surface area contributed by atoms with Crippen LogP contribution in [0.2, 0.25) is 0 Å². The minimum Gasteiger partial charge on any atom is -0.406 e. The number of alkyl halides is 3. The Bertz CT molecular complexity index is 1230. The molecular formula is C23H24F3N5O3S. The number of anilines is 3. The van der Waals surface area contributed by atoms with Crippen molar-refractivity contribution in [1.29, 1.82) is 0 Å². The highest BCUT2D eigenvalue weighted by molar-refractivity contribution is 7.22. The van der Waals surface area contributed by atoms with Crippen LogP contribution in [0.15, 0.2) is 36.4 Å². The fourth-order valence-electron chi connectivity index (χ4n) is 4.19. The van der Waals surface area contributed by atoms with Gasteiger partial charge in [0.15, 0.2) is 11.4 Å². The van der Waals surface area contributed by atoms with Gasteiger partial charge in [-0.1, -0.05) is 11.3 Å². The van der Waals surface area contributed by atoms with Crippen LogP contribution >= 0.6 is 11.3 Å². The second-order valence-electron chi connectivity index (χ2n) is 8.50. The maximum Gasteiger partial charge on any atom is 0.573 e. The van der Waals surface area contributed by atoms with E-state index < -0.39 is 6.36 Å². The molecule has 1 saturated heterocycles. The van der Waals surface area contributed by atoms with E-state index in [9.17, 15) is 18.0 Å². The first-order valence-electron chi connectivity index (χ1n) is 11.2. The lowest BCUT2D eigenvalue weighted by Crippen LogP contribution is -2.39. The molecule has 12 heteroatoms. The van der Waals surface area contributed by atoms with E-state index in [1.54, 1.807) is 6.07 Å². The Morgan fingerprint density at radius 3 is 2.83 bits per heavy atom. The summed E-state index contributed by atoms with van der Waals surface area (Å²) in [5.74, 6) is 0.0272. The van der Waals surface area contributed by atoms with Gasteiger partial charge in [-0.3, -0.25) is 4.79 Å². The van der Waals surface area contributed by atoms with Crippen LogP contribution in [0, 0.1) is 5.92 Å². The smallest absolute Gasteiger partial charge is 0.406 e. The van der Waals surface area contributed by atoms with Crippen molar-refractivity contribution in [2.24, 2.45) is 5.92 Å². The number of thiazole rings is 1. The average molecular weight is 508 g/mol. The summed E-state index contributed by atoms with van der Waals surface area (Å²) in [7, 11) is 1.89. The fourth-order valence-corrected chi connectivity index (χ4v) is 5.10. The van der Waals surface area contributed by atoms with Gasteiger partial charge in [0.2, 0.25) is 0 Å². The molecule has 2 aliphatic rings. The van der Waals surface area contributed by atoms with Crippen molar-refractivity contribution in [2.75, 3.05) is 42.3 Å². The summed E-state index contributed by atoms with van der Waals surface area (Å²) in [4.78, 5) is 19.1. The molecule has 2 aliphatic heterocycles. The van der Waals surface area contributed by atoms with E-state index in [0.29, 0.717) is 33.4 Å². The molecule has 5 rings (SSSR count). The van der Waals surface area contributed by atoms with Crippen LogP contribution in [0.5, 0.6) is 5.75 Å². The number of nitrogens with zero attached hydrogens (tertiary/aromatic N) is 2. The lowest BCUT2D eigenvalue weighted by Gasteiger charge is -2.22. The third-order valence-corrected chi connectivity index (χ3v) is 7.01. The van der Waals surface area contributed by atoms with E-state index in [1.807, 2.05) is 24.1 Å². The number of halogens is 3. The number of hydrogen-bond acceptors (Lipinski definition) is 8. The van der Waals surface area contributed by atoms with Crippen molar-refractivity contribution in [3.63, 3.8) is 0 Å². The molecule has 0 bridgehead atoms. The van der Waals surface area contributed by atoms with Gasteiger partial charge in [0.25, 0.3) is 5.91 Å². The Labute approximate surface area is 203 Å². The van der Waals surface area contributed by atoms with Gasteiger partial charge in [-0.2, -0.15) is 0 Å². The van der Waals surface area contributed by atoms with Crippen molar-refractivity contribution in [3.8, 4) is 5.75 Å². The molecule has 0 saturated carbocycles. The van der Waals surface area contributed by atoms with Gasteiger partial charge in [-0.05, 0) is 49.1 Å². The highest BCUT2D eigenvalue weighted by Gasteiger charge is 2.31. The predicted molar refractivity (Wildman–Crippen MR) is 128 cm³/mol. The number of carbonyl (C=O) groups is 1. The topological polar surface area (TPSA) is 87.8 Å². The minimum absolute atomic E-state index is 0.122. The number of aromatic nitrogens is 1. The molecule has 35 heavy (non-hydrogen) atoms. The van der Waals surface area contributed by atoms with Crippen molar-refractivity contribution in [1.82, 2.24) is 10.3 Å². The summed E-state index contributed by atoms with van der Waals surface area (Å²) in [6, 6.07) is 9.53. The summed E-state index contributed by atoms with van der Waals surface area (Å²) in [5.41, 5.74) is 2.83. The van der Waals surface area contributed by atoms with E-state index >= 15 is 0 Å². The maximum atomic E-state index is 12.7.